The van der Waals surface area contributed by atoms with Gasteiger partial charge in [0.2, 0.25) is 5.43 Å². The van der Waals surface area contributed by atoms with Crippen molar-refractivity contribution in [3.05, 3.63) is 66.5 Å². The molecule has 0 fully saturated rings. The number of nitrogens with two attached hydrogens (primary N) is 1. The van der Waals surface area contributed by atoms with Gasteiger partial charge in [-0.3, -0.25) is 10.2 Å². The summed E-state index contributed by atoms with van der Waals surface area (Å²) < 4.78 is 5.30. The van der Waals surface area contributed by atoms with Gasteiger partial charge in [-0.25, -0.2) is 0 Å². The zero-order valence-electron chi connectivity index (χ0n) is 14.0. The Morgan fingerprint density at radius 2 is 1.62 bits per heavy atom. The number of benzene rings is 1. The van der Waals surface area contributed by atoms with Crippen molar-refractivity contribution in [1.29, 1.82) is 0 Å². The minimum atomic E-state index is -1.50. The van der Waals surface area contributed by atoms with Crippen LogP contribution in [-0.2, 0) is 16.5 Å². The summed E-state index contributed by atoms with van der Waals surface area (Å²) in [5.41, 5.74) is 8.27. The number of hydrazone groups is 1. The maximum absolute atomic E-state index is 12.0. The molecule has 0 amide bonds. The normalized spacial score (nSPS) is 8.00. The molecule has 0 spiro atoms. The van der Waals surface area contributed by atoms with Crippen molar-refractivity contribution in [2.45, 2.75) is 0 Å². The van der Waals surface area contributed by atoms with Gasteiger partial charge in [0, 0.05) is 0 Å². The van der Waals surface area contributed by atoms with Gasteiger partial charge < -0.3 is 37.0 Å². The summed E-state index contributed by atoms with van der Waals surface area (Å²) in [6.45, 7) is 0. The van der Waals surface area contributed by atoms with Gasteiger partial charge >= 0.3 is 16.5 Å². The summed E-state index contributed by atoms with van der Waals surface area (Å²) in [5.74, 6) is 0. The largest absolute Gasteiger partial charge is 2.00 e. The second kappa shape index (κ2) is 19.3. The van der Waals surface area contributed by atoms with Gasteiger partial charge in [-0.05, 0) is 24.4 Å². The van der Waals surface area contributed by atoms with E-state index in [0.29, 0.717) is 16.5 Å². The number of hydrogen-bond acceptors (Lipinski definition) is 8. The zero-order valence-corrected chi connectivity index (χ0v) is 15.8. The van der Waals surface area contributed by atoms with Crippen LogP contribution in [0.2, 0.25) is 0 Å². The Balaban J connectivity index is -0.000000139. The average molecular weight is 486 g/mol. The standard InChI is InChI=1S/C11H9N3O2S.2HNO3.Ni.3H2O/c12-11(17)14-13-5-7-6-16-9-4-2-1-3-8(9)10(7)15;2*2-1(3)4;;;;/h1-6H,(H3,12,14,17);2*(H,2,3,4);;3*1H2/q;;;+2;;;/b13-5+;;;;;;. The van der Waals surface area contributed by atoms with E-state index in [1.54, 1.807) is 24.3 Å². The van der Waals surface area contributed by atoms with Gasteiger partial charge in [0.25, 0.3) is 10.2 Å². The molecule has 1 heterocycles. The fourth-order valence-corrected chi connectivity index (χ4v) is 1.40. The molecular formula is C11H17N5NiO11S+2. The molecule has 16 nitrogen and oxygen atoms in total. The molecule has 166 valence electrons. The molecule has 0 saturated carbocycles. The van der Waals surface area contributed by atoms with Crippen LogP contribution < -0.4 is 16.6 Å². The van der Waals surface area contributed by atoms with Crippen LogP contribution in [0.15, 0.2) is 44.8 Å². The monoisotopic (exact) mass is 485 g/mol. The molecular weight excluding hydrogens is 469 g/mol. The Labute approximate surface area is 175 Å². The Kier molecular flexibility index (Phi) is 24.3. The van der Waals surface area contributed by atoms with Gasteiger partial charge in [0.05, 0.1) is 17.2 Å². The van der Waals surface area contributed by atoms with E-state index in [1.165, 1.54) is 12.5 Å². The van der Waals surface area contributed by atoms with Crippen LogP contribution in [0, 0.1) is 20.2 Å². The Morgan fingerprint density at radius 1 is 1.17 bits per heavy atom. The minimum absolute atomic E-state index is 0. The van der Waals surface area contributed by atoms with E-state index >= 15 is 0 Å². The SMILES string of the molecule is NC(=S)N/N=C/c1coc2ccccc2c1=O.O.O.O.O=[N+]([O-])O.O=[N+]([O-])O.[Ni+2]. The van der Waals surface area contributed by atoms with Crippen molar-refractivity contribution in [3.63, 3.8) is 0 Å². The van der Waals surface area contributed by atoms with Crippen molar-refractivity contribution in [2.24, 2.45) is 10.8 Å². The number of nitrogens with one attached hydrogen (secondary N) is 1. The summed E-state index contributed by atoms with van der Waals surface area (Å²) in [7, 11) is 0. The second-order valence-corrected chi connectivity index (χ2v) is 4.17. The molecule has 0 bridgehead atoms. The molecule has 2 rings (SSSR count). The molecule has 0 aliphatic rings. The van der Waals surface area contributed by atoms with E-state index in [2.05, 4.69) is 22.7 Å². The predicted molar refractivity (Wildman–Crippen MR) is 98.4 cm³/mol. The van der Waals surface area contributed by atoms with E-state index in [9.17, 15) is 4.79 Å². The maximum atomic E-state index is 12.0. The van der Waals surface area contributed by atoms with E-state index in [1.807, 2.05) is 0 Å². The molecule has 0 radical (unpaired) electrons. The van der Waals surface area contributed by atoms with E-state index in [4.69, 9.17) is 40.8 Å². The summed E-state index contributed by atoms with van der Waals surface area (Å²) in [6, 6.07) is 6.99. The van der Waals surface area contributed by atoms with E-state index in [0.717, 1.165) is 0 Å². The number of para-hydroxylation sites is 1. The van der Waals surface area contributed by atoms with Crippen LogP contribution in [0.5, 0.6) is 0 Å². The van der Waals surface area contributed by atoms with Crippen molar-refractivity contribution in [1.82, 2.24) is 5.43 Å². The van der Waals surface area contributed by atoms with Gasteiger partial charge in [-0.15, -0.1) is 20.2 Å². The fourth-order valence-electron chi connectivity index (χ4n) is 1.35. The van der Waals surface area contributed by atoms with Gasteiger partial charge in [0.1, 0.15) is 11.8 Å². The number of rotatable bonds is 2. The van der Waals surface area contributed by atoms with Crippen LogP contribution in [0.25, 0.3) is 11.0 Å². The molecule has 0 aliphatic heterocycles. The van der Waals surface area contributed by atoms with Crippen LogP contribution in [-0.4, -0.2) is 48.3 Å². The molecule has 29 heavy (non-hydrogen) atoms. The van der Waals surface area contributed by atoms with Crippen LogP contribution in [0.4, 0.5) is 0 Å². The molecule has 2 aromatic rings. The molecule has 1 aromatic heterocycles. The first kappa shape index (κ1) is 36.5. The van der Waals surface area contributed by atoms with Crippen molar-refractivity contribution in [2.75, 3.05) is 0 Å². The summed E-state index contributed by atoms with van der Waals surface area (Å²) >= 11 is 4.57. The molecule has 0 atom stereocenters. The third kappa shape index (κ3) is 17.7. The smallest absolute Gasteiger partial charge is 0.463 e. The van der Waals surface area contributed by atoms with Crippen molar-refractivity contribution in [3.8, 4) is 0 Å². The van der Waals surface area contributed by atoms with E-state index in [-0.39, 0.29) is 43.5 Å². The van der Waals surface area contributed by atoms with Crippen LogP contribution in [0.3, 0.4) is 0 Å². The third-order valence-electron chi connectivity index (χ3n) is 2.09. The van der Waals surface area contributed by atoms with Crippen LogP contribution in [0.1, 0.15) is 5.56 Å². The maximum Gasteiger partial charge on any atom is 2.00 e. The zero-order chi connectivity index (χ0) is 19.4. The first-order valence-corrected chi connectivity index (χ1v) is 6.31. The van der Waals surface area contributed by atoms with Crippen molar-refractivity contribution >= 4 is 34.5 Å². The number of nitrogens with zero attached hydrogens (tertiary/aromatic N) is 3. The molecule has 0 unspecified atom stereocenters. The van der Waals surface area contributed by atoms with Gasteiger partial charge in [-0.1, -0.05) is 12.1 Å². The topological polar surface area (TPSA) is 302 Å². The third-order valence-corrected chi connectivity index (χ3v) is 2.18. The minimum Gasteiger partial charge on any atom is -0.463 e. The predicted octanol–water partition coefficient (Wildman–Crippen LogP) is -2.21. The Morgan fingerprint density at radius 3 is 2.07 bits per heavy atom. The molecule has 11 N–H and O–H groups in total. The summed E-state index contributed by atoms with van der Waals surface area (Å²) in [4.78, 5) is 28.7. The van der Waals surface area contributed by atoms with Crippen molar-refractivity contribution < 1.29 is 57.9 Å². The number of thiocarbonyl (C=S) groups is 1. The fraction of sp³-hybridized carbons (Fsp3) is 0. The van der Waals surface area contributed by atoms with Gasteiger partial charge in [-0.2, -0.15) is 5.10 Å². The number of fused-ring (bicyclic) bond motifs is 1. The first-order valence-electron chi connectivity index (χ1n) is 5.90. The quantitative estimate of drug-likeness (QED) is 0.116. The average Bonchev–Trinajstić information content (AvgIpc) is 2.48. The molecule has 0 saturated heterocycles. The first-order chi connectivity index (χ1) is 11.6. The second-order valence-electron chi connectivity index (χ2n) is 3.73. The Bertz CT molecular complexity index is 827. The summed E-state index contributed by atoms with van der Waals surface area (Å²) in [6.07, 6.45) is 2.66. The van der Waals surface area contributed by atoms with E-state index < -0.39 is 10.2 Å². The number of hydrogen-bond donors (Lipinski definition) is 4. The van der Waals surface area contributed by atoms with Gasteiger partial charge in [0.15, 0.2) is 5.11 Å². The van der Waals surface area contributed by atoms with Crippen LogP contribution >= 0.6 is 12.2 Å². The summed E-state index contributed by atoms with van der Waals surface area (Å²) in [5, 5.41) is 31.5. The molecule has 1 aromatic carbocycles. The Hall–Kier alpha value is -3.44. The molecule has 18 heteroatoms. The molecule has 0 aliphatic carbocycles.